The fraction of sp³-hybridized carbons (Fsp3) is 0.417. The minimum Gasteiger partial charge on any atom is -0.468 e. The highest BCUT2D eigenvalue weighted by Gasteiger charge is 2.24. The summed E-state index contributed by atoms with van der Waals surface area (Å²) < 4.78 is 17.0. The molecule has 182 valence electrons. The number of halogens is 1. The molecular formula is C24H28ClN3O5S. The lowest BCUT2D eigenvalue weighted by molar-refractivity contribution is -0.137. The van der Waals surface area contributed by atoms with E-state index in [0.29, 0.717) is 40.3 Å². The number of nitrogens with zero attached hydrogens (tertiary/aromatic N) is 3. The highest BCUT2D eigenvalue weighted by Crippen LogP contribution is 2.34. The van der Waals surface area contributed by atoms with Crippen molar-refractivity contribution in [3.63, 3.8) is 0 Å². The lowest BCUT2D eigenvalue weighted by atomic mass is 9.86. The number of hydrogen-bond acceptors (Lipinski definition) is 8. The molecule has 0 fully saturated rings. The van der Waals surface area contributed by atoms with Crippen molar-refractivity contribution in [3.8, 4) is 6.07 Å². The molecule has 34 heavy (non-hydrogen) atoms. The van der Waals surface area contributed by atoms with E-state index < -0.39 is 18.1 Å². The van der Waals surface area contributed by atoms with Gasteiger partial charge in [0.2, 0.25) is 6.79 Å². The molecule has 0 spiro atoms. The zero-order valence-corrected chi connectivity index (χ0v) is 21.7. The van der Waals surface area contributed by atoms with Crippen LogP contribution in [0.4, 0.5) is 4.79 Å². The summed E-state index contributed by atoms with van der Waals surface area (Å²) in [5.41, 5.74) is 2.89. The van der Waals surface area contributed by atoms with Crippen molar-refractivity contribution in [1.29, 1.82) is 5.26 Å². The first-order valence-corrected chi connectivity index (χ1v) is 11.9. The van der Waals surface area contributed by atoms with Gasteiger partial charge in [-0.25, -0.2) is 4.79 Å². The zero-order chi connectivity index (χ0) is 25.5. The first kappa shape index (κ1) is 27.3. The van der Waals surface area contributed by atoms with E-state index in [2.05, 4.69) is 36.7 Å². The van der Waals surface area contributed by atoms with Crippen LogP contribution < -0.4 is 0 Å². The summed E-state index contributed by atoms with van der Waals surface area (Å²) in [6, 6.07) is 9.79. The van der Waals surface area contributed by atoms with Gasteiger partial charge in [-0.05, 0) is 42.2 Å². The number of hydrogen-bond donors (Lipinski definition) is 0. The number of nitriles is 1. The van der Waals surface area contributed by atoms with Gasteiger partial charge in [0.15, 0.2) is 5.76 Å². The molecule has 0 bridgehead atoms. The number of rotatable bonds is 8. The third kappa shape index (κ3) is 6.78. The minimum absolute atomic E-state index is 0.0499. The second-order valence-electron chi connectivity index (χ2n) is 8.23. The van der Waals surface area contributed by atoms with Gasteiger partial charge < -0.3 is 14.2 Å². The van der Waals surface area contributed by atoms with Crippen LogP contribution in [0.2, 0.25) is 5.02 Å². The van der Waals surface area contributed by atoms with Crippen LogP contribution in [0.15, 0.2) is 24.3 Å². The Kier molecular flexibility index (Phi) is 9.59. The normalized spacial score (nSPS) is 11.9. The number of benzene rings is 1. The van der Waals surface area contributed by atoms with Crippen LogP contribution in [-0.4, -0.2) is 40.7 Å². The summed E-state index contributed by atoms with van der Waals surface area (Å²) in [5, 5.41) is 14.1. The molecule has 1 heterocycles. The summed E-state index contributed by atoms with van der Waals surface area (Å²) in [6.07, 6.45) is 0. The number of methoxy groups -OCH3 is 1. The van der Waals surface area contributed by atoms with Crippen LogP contribution in [0.3, 0.4) is 0 Å². The Morgan fingerprint density at radius 1 is 1.21 bits per heavy atom. The number of carbonyl (C=O) groups is 2. The predicted molar refractivity (Wildman–Crippen MR) is 132 cm³/mol. The highest BCUT2D eigenvalue weighted by molar-refractivity contribution is 8.13. The molecule has 0 aliphatic rings. The van der Waals surface area contributed by atoms with E-state index in [0.717, 1.165) is 5.56 Å². The summed E-state index contributed by atoms with van der Waals surface area (Å²) >= 11 is 7.18. The first-order valence-electron chi connectivity index (χ1n) is 10.5. The van der Waals surface area contributed by atoms with E-state index >= 15 is 0 Å². The molecule has 2 rings (SSSR count). The molecule has 2 aromatic rings. The molecule has 0 N–H and O–H groups in total. The van der Waals surface area contributed by atoms with E-state index in [4.69, 9.17) is 21.1 Å². The molecule has 0 radical (unpaired) electrons. The second kappa shape index (κ2) is 12.0. The molecule has 1 aromatic heterocycles. The zero-order valence-electron chi connectivity index (χ0n) is 20.1. The number of ether oxygens (including phenoxy) is 3. The van der Waals surface area contributed by atoms with Gasteiger partial charge in [-0.2, -0.15) is 10.4 Å². The Labute approximate surface area is 208 Å². The van der Waals surface area contributed by atoms with Gasteiger partial charge in [0, 0.05) is 6.54 Å². The Morgan fingerprint density at radius 3 is 2.38 bits per heavy atom. The van der Waals surface area contributed by atoms with Gasteiger partial charge in [-0.15, -0.1) is 0 Å². The van der Waals surface area contributed by atoms with Crippen molar-refractivity contribution < 1.29 is 23.8 Å². The van der Waals surface area contributed by atoms with Gasteiger partial charge >= 0.3 is 11.3 Å². The second-order valence-corrected chi connectivity index (χ2v) is 9.52. The SMILES string of the molecule is CCn1nc(C)c(Cl)c1/C(OCOC(=O)SCC(=O)OC)=C(\C#N)c1ccc(C(C)(C)C)cc1. The fourth-order valence-corrected chi connectivity index (χ4v) is 3.71. The van der Waals surface area contributed by atoms with Crippen LogP contribution in [0.25, 0.3) is 11.3 Å². The molecular weight excluding hydrogens is 478 g/mol. The molecule has 0 aliphatic carbocycles. The van der Waals surface area contributed by atoms with Crippen LogP contribution in [0.1, 0.15) is 50.2 Å². The van der Waals surface area contributed by atoms with Crippen molar-refractivity contribution in [1.82, 2.24) is 9.78 Å². The largest absolute Gasteiger partial charge is 0.468 e. The molecule has 0 saturated heterocycles. The van der Waals surface area contributed by atoms with E-state index in [1.54, 1.807) is 11.6 Å². The number of allylic oxidation sites excluding steroid dienone is 1. The maximum Gasteiger partial charge on any atom is 0.370 e. The van der Waals surface area contributed by atoms with Crippen molar-refractivity contribution in [3.05, 3.63) is 51.8 Å². The van der Waals surface area contributed by atoms with Crippen molar-refractivity contribution in [2.24, 2.45) is 0 Å². The molecule has 8 nitrogen and oxygen atoms in total. The quantitative estimate of drug-likeness (QED) is 0.198. The summed E-state index contributed by atoms with van der Waals surface area (Å²) in [6.45, 7) is 9.94. The average Bonchev–Trinajstić information content (AvgIpc) is 3.09. The Hall–Kier alpha value is -2.96. The standard InChI is InChI=1S/C24H28ClN3O5S/c1-7-28-21(20(25)15(2)27-28)22(32-14-33-23(30)34-13-19(29)31-6)18(12-26)16-8-10-17(11-9-16)24(3,4)5/h8-11H,7,13-14H2,1-6H3/b22-18-. The molecule has 0 saturated carbocycles. The summed E-state index contributed by atoms with van der Waals surface area (Å²) in [5.74, 6) is -0.595. The number of thioether (sulfide) groups is 1. The van der Waals surface area contributed by atoms with E-state index in [1.807, 2.05) is 31.2 Å². The number of aryl methyl sites for hydroxylation is 2. The lowest BCUT2D eigenvalue weighted by Gasteiger charge is -2.19. The van der Waals surface area contributed by atoms with Crippen LogP contribution in [0, 0.1) is 18.3 Å². The maximum atomic E-state index is 11.9. The van der Waals surface area contributed by atoms with E-state index in [1.165, 1.54) is 7.11 Å². The predicted octanol–water partition coefficient (Wildman–Crippen LogP) is 5.57. The summed E-state index contributed by atoms with van der Waals surface area (Å²) in [7, 11) is 1.23. The Bertz CT molecular complexity index is 1110. The van der Waals surface area contributed by atoms with Crippen molar-refractivity contribution in [2.45, 2.75) is 46.6 Å². The highest BCUT2D eigenvalue weighted by atomic mass is 35.5. The van der Waals surface area contributed by atoms with Crippen LogP contribution in [0.5, 0.6) is 0 Å². The molecule has 1 aromatic carbocycles. The summed E-state index contributed by atoms with van der Waals surface area (Å²) in [4.78, 5) is 23.2. The van der Waals surface area contributed by atoms with E-state index in [-0.39, 0.29) is 22.5 Å². The molecule has 0 atom stereocenters. The fourth-order valence-electron chi connectivity index (χ4n) is 3.00. The molecule has 10 heteroatoms. The van der Waals surface area contributed by atoms with Crippen molar-refractivity contribution in [2.75, 3.05) is 19.7 Å². The smallest absolute Gasteiger partial charge is 0.370 e. The Morgan fingerprint density at radius 2 is 1.85 bits per heavy atom. The Balaban J connectivity index is 2.44. The van der Waals surface area contributed by atoms with Gasteiger partial charge in [0.25, 0.3) is 0 Å². The van der Waals surface area contributed by atoms with Gasteiger partial charge in [-0.1, -0.05) is 56.6 Å². The third-order valence-electron chi connectivity index (χ3n) is 4.86. The number of aromatic nitrogens is 2. The van der Waals surface area contributed by atoms with Crippen LogP contribution >= 0.6 is 23.4 Å². The van der Waals surface area contributed by atoms with Crippen LogP contribution in [-0.2, 0) is 31.0 Å². The number of carbonyl (C=O) groups excluding carboxylic acids is 2. The van der Waals surface area contributed by atoms with Gasteiger partial charge in [-0.3, -0.25) is 9.48 Å². The van der Waals surface area contributed by atoms with Gasteiger partial charge in [0.05, 0.1) is 17.8 Å². The topological polar surface area (TPSA) is 103 Å². The third-order valence-corrected chi connectivity index (χ3v) is 6.05. The molecule has 0 unspecified atom stereocenters. The maximum absolute atomic E-state index is 11.9. The number of esters is 1. The average molecular weight is 506 g/mol. The first-order chi connectivity index (χ1) is 16.0. The molecule has 0 aliphatic heterocycles. The van der Waals surface area contributed by atoms with E-state index in [9.17, 15) is 14.9 Å². The monoisotopic (exact) mass is 505 g/mol. The minimum atomic E-state index is -0.718. The lowest BCUT2D eigenvalue weighted by Crippen LogP contribution is -2.12. The van der Waals surface area contributed by atoms with Gasteiger partial charge in [0.1, 0.15) is 23.1 Å². The van der Waals surface area contributed by atoms with Crippen molar-refractivity contribution >= 4 is 46.0 Å². The molecule has 0 amide bonds.